The Labute approximate surface area is 113 Å². The first-order valence-electron chi connectivity index (χ1n) is 5.08. The van der Waals surface area contributed by atoms with Crippen molar-refractivity contribution in [3.8, 4) is 0 Å². The summed E-state index contributed by atoms with van der Waals surface area (Å²) >= 11 is 2.08. The molecule has 92 valence electrons. The quantitative estimate of drug-likeness (QED) is 0.427. The first-order chi connectivity index (χ1) is 8.00. The lowest BCUT2D eigenvalue weighted by Gasteiger charge is -2.06. The number of benzene rings is 1. The van der Waals surface area contributed by atoms with Crippen molar-refractivity contribution in [3.05, 3.63) is 27.3 Å². The van der Waals surface area contributed by atoms with E-state index in [-0.39, 0.29) is 11.8 Å². The summed E-state index contributed by atoms with van der Waals surface area (Å²) in [6.07, 6.45) is 0. The lowest BCUT2D eigenvalue weighted by molar-refractivity contribution is -0.118. The van der Waals surface area contributed by atoms with Crippen molar-refractivity contribution in [1.29, 1.82) is 0 Å². The van der Waals surface area contributed by atoms with Gasteiger partial charge in [-0.05, 0) is 40.8 Å². The predicted octanol–water partition coefficient (Wildman–Crippen LogP) is 0.739. The minimum absolute atomic E-state index is 0.110. The zero-order valence-electron chi connectivity index (χ0n) is 9.42. The molecule has 1 aromatic carbocycles. The maximum atomic E-state index is 11.7. The molecule has 0 atom stereocenters. The van der Waals surface area contributed by atoms with Gasteiger partial charge in [0, 0.05) is 34.8 Å². The van der Waals surface area contributed by atoms with E-state index < -0.39 is 0 Å². The smallest absolute Gasteiger partial charge is 0.251 e. The van der Waals surface area contributed by atoms with E-state index in [1.807, 2.05) is 0 Å². The predicted molar refractivity (Wildman–Crippen MR) is 74.6 cm³/mol. The molecular formula is C11H14IN3O2. The van der Waals surface area contributed by atoms with Gasteiger partial charge in [-0.2, -0.15) is 0 Å². The lowest BCUT2D eigenvalue weighted by Crippen LogP contribution is -2.33. The van der Waals surface area contributed by atoms with Gasteiger partial charge < -0.3 is 16.4 Å². The molecule has 4 N–H and O–H groups in total. The van der Waals surface area contributed by atoms with E-state index in [4.69, 9.17) is 5.73 Å². The molecule has 2 amide bonds. The molecule has 0 heterocycles. The molecule has 5 nitrogen and oxygen atoms in total. The summed E-state index contributed by atoms with van der Waals surface area (Å²) in [7, 11) is 0. The first kappa shape index (κ1) is 13.8. The largest absolute Gasteiger partial charge is 0.398 e. The van der Waals surface area contributed by atoms with Gasteiger partial charge in [-0.15, -0.1) is 0 Å². The standard InChI is InChI=1S/C11H14IN3O2/c1-7(16)14-4-5-15-11(17)8-2-3-10(13)9(12)6-8/h2-3,6H,4-5,13H2,1H3,(H,14,16)(H,15,17). The summed E-state index contributed by atoms with van der Waals surface area (Å²) in [5.41, 5.74) is 6.87. The monoisotopic (exact) mass is 347 g/mol. The fraction of sp³-hybridized carbons (Fsp3) is 0.273. The molecule has 0 aliphatic rings. The average Bonchev–Trinajstić information content (AvgIpc) is 2.27. The SMILES string of the molecule is CC(=O)NCCNC(=O)c1ccc(N)c(I)c1. The van der Waals surface area contributed by atoms with Crippen molar-refractivity contribution in [2.75, 3.05) is 18.8 Å². The molecule has 0 radical (unpaired) electrons. The Bertz CT molecular complexity index is 435. The maximum Gasteiger partial charge on any atom is 0.251 e. The highest BCUT2D eigenvalue weighted by molar-refractivity contribution is 14.1. The molecule has 0 saturated heterocycles. The third-order valence-electron chi connectivity index (χ3n) is 2.05. The number of carbonyl (C=O) groups excluding carboxylic acids is 2. The summed E-state index contributed by atoms with van der Waals surface area (Å²) in [6, 6.07) is 5.10. The summed E-state index contributed by atoms with van der Waals surface area (Å²) in [4.78, 5) is 22.3. The van der Waals surface area contributed by atoms with Crippen molar-refractivity contribution in [3.63, 3.8) is 0 Å². The average molecular weight is 347 g/mol. The summed E-state index contributed by atoms with van der Waals surface area (Å²) < 4.78 is 0.845. The molecule has 0 unspecified atom stereocenters. The van der Waals surface area contributed by atoms with Gasteiger partial charge in [-0.25, -0.2) is 0 Å². The van der Waals surface area contributed by atoms with Crippen LogP contribution in [0.1, 0.15) is 17.3 Å². The highest BCUT2D eigenvalue weighted by Gasteiger charge is 2.06. The van der Waals surface area contributed by atoms with Crippen molar-refractivity contribution < 1.29 is 9.59 Å². The minimum atomic E-state index is -0.173. The molecular weight excluding hydrogens is 333 g/mol. The Kier molecular flexibility index (Phi) is 5.20. The molecule has 1 rings (SSSR count). The number of amides is 2. The molecule has 1 aromatic rings. The molecule has 0 aliphatic heterocycles. The van der Waals surface area contributed by atoms with E-state index in [2.05, 4.69) is 33.2 Å². The van der Waals surface area contributed by atoms with E-state index in [1.165, 1.54) is 6.92 Å². The summed E-state index contributed by atoms with van der Waals surface area (Å²) in [5, 5.41) is 5.30. The van der Waals surface area contributed by atoms with Gasteiger partial charge in [-0.3, -0.25) is 9.59 Å². The van der Waals surface area contributed by atoms with Crippen LogP contribution in [-0.4, -0.2) is 24.9 Å². The maximum absolute atomic E-state index is 11.7. The zero-order chi connectivity index (χ0) is 12.8. The van der Waals surface area contributed by atoms with E-state index >= 15 is 0 Å². The summed E-state index contributed by atoms with van der Waals surface area (Å²) in [5.74, 6) is -0.283. The van der Waals surface area contributed by atoms with Gasteiger partial charge >= 0.3 is 0 Å². The highest BCUT2D eigenvalue weighted by atomic mass is 127. The topological polar surface area (TPSA) is 84.2 Å². The fourth-order valence-corrected chi connectivity index (χ4v) is 1.70. The summed E-state index contributed by atoms with van der Waals surface area (Å²) in [6.45, 7) is 2.26. The van der Waals surface area contributed by atoms with Crippen LogP contribution in [0.15, 0.2) is 18.2 Å². The van der Waals surface area contributed by atoms with E-state index in [0.29, 0.717) is 24.3 Å². The molecule has 0 spiro atoms. The second-order valence-corrected chi connectivity index (χ2v) is 4.64. The van der Waals surface area contributed by atoms with Crippen molar-refractivity contribution in [2.24, 2.45) is 0 Å². The van der Waals surface area contributed by atoms with Crippen molar-refractivity contribution in [2.45, 2.75) is 6.92 Å². The van der Waals surface area contributed by atoms with Gasteiger partial charge in [0.2, 0.25) is 5.91 Å². The number of nitrogen functional groups attached to an aromatic ring is 1. The number of halogens is 1. The molecule has 0 bridgehead atoms. The molecule has 0 saturated carbocycles. The van der Waals surface area contributed by atoms with Crippen molar-refractivity contribution >= 4 is 40.1 Å². The normalized spacial score (nSPS) is 9.76. The number of hydrogen-bond acceptors (Lipinski definition) is 3. The van der Waals surface area contributed by atoms with Crippen LogP contribution in [0.3, 0.4) is 0 Å². The molecule has 0 aliphatic carbocycles. The first-order valence-corrected chi connectivity index (χ1v) is 6.16. The second kappa shape index (κ2) is 6.43. The number of rotatable bonds is 4. The van der Waals surface area contributed by atoms with Crippen LogP contribution in [0.5, 0.6) is 0 Å². The molecule has 0 aromatic heterocycles. The van der Waals surface area contributed by atoms with Crippen LogP contribution in [0, 0.1) is 3.57 Å². The van der Waals surface area contributed by atoms with Crippen LogP contribution < -0.4 is 16.4 Å². The van der Waals surface area contributed by atoms with E-state index in [1.54, 1.807) is 18.2 Å². The van der Waals surface area contributed by atoms with Crippen LogP contribution in [-0.2, 0) is 4.79 Å². The van der Waals surface area contributed by atoms with Crippen LogP contribution in [0.2, 0.25) is 0 Å². The number of hydrogen-bond donors (Lipinski definition) is 3. The molecule has 17 heavy (non-hydrogen) atoms. The molecule has 0 fully saturated rings. The fourth-order valence-electron chi connectivity index (χ4n) is 1.18. The van der Waals surface area contributed by atoms with Crippen molar-refractivity contribution in [1.82, 2.24) is 10.6 Å². The third kappa shape index (κ3) is 4.59. The van der Waals surface area contributed by atoms with E-state index in [0.717, 1.165) is 3.57 Å². The zero-order valence-corrected chi connectivity index (χ0v) is 11.6. The second-order valence-electron chi connectivity index (χ2n) is 3.48. The minimum Gasteiger partial charge on any atom is -0.398 e. The number of carbonyl (C=O) groups is 2. The Hall–Kier alpha value is -1.31. The van der Waals surface area contributed by atoms with Crippen LogP contribution in [0.4, 0.5) is 5.69 Å². The third-order valence-corrected chi connectivity index (χ3v) is 2.98. The lowest BCUT2D eigenvalue weighted by atomic mass is 10.2. The number of nitrogens with two attached hydrogens (primary N) is 1. The van der Waals surface area contributed by atoms with Gasteiger partial charge in [-0.1, -0.05) is 0 Å². The van der Waals surface area contributed by atoms with Gasteiger partial charge in [0.05, 0.1) is 0 Å². The van der Waals surface area contributed by atoms with Gasteiger partial charge in [0.15, 0.2) is 0 Å². The molecule has 6 heteroatoms. The van der Waals surface area contributed by atoms with Crippen LogP contribution >= 0.6 is 22.6 Å². The number of nitrogens with one attached hydrogen (secondary N) is 2. The van der Waals surface area contributed by atoms with E-state index in [9.17, 15) is 9.59 Å². The Morgan fingerprint density at radius 2 is 1.94 bits per heavy atom. The number of anilines is 1. The highest BCUT2D eigenvalue weighted by Crippen LogP contribution is 2.15. The van der Waals surface area contributed by atoms with Crippen LogP contribution in [0.25, 0.3) is 0 Å². The van der Waals surface area contributed by atoms with Gasteiger partial charge in [0.1, 0.15) is 0 Å². The Morgan fingerprint density at radius 3 is 2.53 bits per heavy atom. The Balaban J connectivity index is 2.47. The Morgan fingerprint density at radius 1 is 1.29 bits per heavy atom. The van der Waals surface area contributed by atoms with Gasteiger partial charge in [0.25, 0.3) is 5.91 Å².